The molecule has 2 aromatic rings. The topological polar surface area (TPSA) is 106 Å². The van der Waals surface area contributed by atoms with Crippen molar-refractivity contribution in [2.75, 3.05) is 6.61 Å². The molecule has 7 heteroatoms. The number of furan rings is 1. The highest BCUT2D eigenvalue weighted by atomic mass is 35.5. The first kappa shape index (κ1) is 16.5. The zero-order chi connectivity index (χ0) is 16.6. The van der Waals surface area contributed by atoms with E-state index >= 15 is 0 Å². The minimum absolute atomic E-state index is 0.0357. The lowest BCUT2D eigenvalue weighted by Crippen LogP contribution is -2.18. The number of benzene rings is 1. The predicted octanol–water partition coefficient (Wildman–Crippen LogP) is 2.87. The Morgan fingerprint density at radius 1 is 1.41 bits per heavy atom. The molecule has 0 fully saturated rings. The molecule has 0 saturated carbocycles. The monoisotopic (exact) mass is 327 g/mol. The lowest BCUT2D eigenvalue weighted by atomic mass is 10.0. The molecular formula is C15H18ClNO5. The largest absolute Gasteiger partial charge is 0.504 e. The number of hydrogen-bond donors (Lipinski definition) is 3. The van der Waals surface area contributed by atoms with Crippen LogP contribution in [0.2, 0.25) is 5.02 Å². The van der Waals surface area contributed by atoms with E-state index in [0.717, 1.165) is 0 Å². The third-order valence-corrected chi connectivity index (χ3v) is 3.71. The molecule has 1 aromatic heterocycles. The van der Waals surface area contributed by atoms with Crippen molar-refractivity contribution in [1.82, 2.24) is 0 Å². The fourth-order valence-electron chi connectivity index (χ4n) is 2.40. The average molecular weight is 328 g/mol. The van der Waals surface area contributed by atoms with Gasteiger partial charge in [-0.25, -0.2) is 4.79 Å². The lowest BCUT2D eigenvalue weighted by Gasteiger charge is -2.11. The molecule has 0 radical (unpaired) electrons. The van der Waals surface area contributed by atoms with Gasteiger partial charge in [0.2, 0.25) is 0 Å². The normalized spacial score (nSPS) is 12.6. The average Bonchev–Trinajstić information content (AvgIpc) is 2.78. The Labute approximate surface area is 132 Å². The van der Waals surface area contributed by atoms with E-state index in [1.165, 1.54) is 0 Å². The van der Waals surface area contributed by atoms with E-state index in [1.807, 2.05) is 0 Å². The van der Waals surface area contributed by atoms with Crippen molar-refractivity contribution in [2.24, 2.45) is 5.73 Å². The Bertz CT molecular complexity index is 736. The maximum Gasteiger partial charge on any atom is 0.342 e. The van der Waals surface area contributed by atoms with Crippen LogP contribution < -0.4 is 5.73 Å². The number of halogens is 1. The molecule has 0 bridgehead atoms. The van der Waals surface area contributed by atoms with Crippen LogP contribution in [0, 0.1) is 6.92 Å². The molecule has 0 saturated heterocycles. The summed E-state index contributed by atoms with van der Waals surface area (Å²) >= 11 is 6.08. The smallest absolute Gasteiger partial charge is 0.342 e. The number of fused-ring (bicyclic) bond motifs is 1. The van der Waals surface area contributed by atoms with E-state index in [1.54, 1.807) is 20.8 Å². The maximum atomic E-state index is 12.1. The van der Waals surface area contributed by atoms with Gasteiger partial charge in [-0.1, -0.05) is 11.6 Å². The molecule has 0 spiro atoms. The van der Waals surface area contributed by atoms with E-state index < -0.39 is 17.5 Å². The molecule has 22 heavy (non-hydrogen) atoms. The number of aryl methyl sites for hydroxylation is 1. The third-order valence-electron chi connectivity index (χ3n) is 3.30. The van der Waals surface area contributed by atoms with E-state index in [9.17, 15) is 15.0 Å². The molecule has 0 aliphatic heterocycles. The van der Waals surface area contributed by atoms with E-state index in [0.29, 0.717) is 12.0 Å². The number of rotatable bonds is 4. The molecule has 0 aliphatic rings. The summed E-state index contributed by atoms with van der Waals surface area (Å²) in [5.74, 6) is -1.37. The van der Waals surface area contributed by atoms with Gasteiger partial charge in [0, 0.05) is 11.6 Å². The van der Waals surface area contributed by atoms with Gasteiger partial charge in [-0.05, 0) is 27.2 Å². The van der Waals surface area contributed by atoms with Crippen LogP contribution in [0.4, 0.5) is 0 Å². The SMILES string of the molecule is CCOC(=O)c1c(C)oc2c(CC(C)N)c(Cl)c(O)c(O)c12. The fraction of sp³-hybridized carbons (Fsp3) is 0.400. The number of phenols is 2. The molecule has 6 nitrogen and oxygen atoms in total. The first-order valence-corrected chi connectivity index (χ1v) is 7.25. The summed E-state index contributed by atoms with van der Waals surface area (Å²) in [6, 6.07) is -0.249. The highest BCUT2D eigenvalue weighted by molar-refractivity contribution is 6.34. The van der Waals surface area contributed by atoms with Crippen LogP contribution in [0.1, 0.15) is 35.5 Å². The van der Waals surface area contributed by atoms with Gasteiger partial charge in [-0.15, -0.1) is 0 Å². The van der Waals surface area contributed by atoms with Crippen molar-refractivity contribution in [3.63, 3.8) is 0 Å². The molecule has 1 heterocycles. The highest BCUT2D eigenvalue weighted by Crippen LogP contribution is 2.46. The van der Waals surface area contributed by atoms with Crippen LogP contribution >= 0.6 is 11.6 Å². The van der Waals surface area contributed by atoms with Gasteiger partial charge >= 0.3 is 5.97 Å². The first-order chi connectivity index (χ1) is 10.3. The standard InChI is InChI=1S/C15H18ClNO5/c1-4-21-15(20)9-7(3)22-14-8(5-6(2)17)11(16)13(19)12(18)10(9)14/h6,18-19H,4-5,17H2,1-3H3. The number of phenolic OH excluding ortho intramolecular Hbond substituents is 2. The van der Waals surface area contributed by atoms with Crippen LogP contribution in [0.5, 0.6) is 11.5 Å². The van der Waals surface area contributed by atoms with E-state index in [-0.39, 0.29) is 40.0 Å². The van der Waals surface area contributed by atoms with Crippen LogP contribution in [0.25, 0.3) is 11.0 Å². The minimum atomic E-state index is -0.637. The first-order valence-electron chi connectivity index (χ1n) is 6.87. The second-order valence-corrected chi connectivity index (χ2v) is 5.51. The second kappa shape index (κ2) is 6.06. The molecule has 0 aliphatic carbocycles. The summed E-state index contributed by atoms with van der Waals surface area (Å²) in [5.41, 5.74) is 6.54. The van der Waals surface area contributed by atoms with E-state index in [4.69, 9.17) is 26.5 Å². The fourth-order valence-corrected chi connectivity index (χ4v) is 2.65. The lowest BCUT2D eigenvalue weighted by molar-refractivity contribution is 0.0526. The van der Waals surface area contributed by atoms with Crippen LogP contribution in [0.3, 0.4) is 0 Å². The number of aromatic hydroxyl groups is 2. The Kier molecular flexibility index (Phi) is 4.53. The molecule has 2 rings (SSSR count). The van der Waals surface area contributed by atoms with Crippen molar-refractivity contribution < 1.29 is 24.2 Å². The summed E-state index contributed by atoms with van der Waals surface area (Å²) in [6.07, 6.45) is 0.318. The Morgan fingerprint density at radius 3 is 2.59 bits per heavy atom. The van der Waals surface area contributed by atoms with Gasteiger partial charge < -0.3 is 25.1 Å². The van der Waals surface area contributed by atoms with Crippen LogP contribution in [-0.2, 0) is 11.2 Å². The van der Waals surface area contributed by atoms with Crippen molar-refractivity contribution >= 4 is 28.5 Å². The second-order valence-electron chi connectivity index (χ2n) is 5.13. The summed E-state index contributed by atoms with van der Waals surface area (Å²) in [4.78, 5) is 12.1. The van der Waals surface area contributed by atoms with E-state index in [2.05, 4.69) is 0 Å². The molecule has 120 valence electrons. The zero-order valence-electron chi connectivity index (χ0n) is 12.6. The minimum Gasteiger partial charge on any atom is -0.504 e. The van der Waals surface area contributed by atoms with Crippen LogP contribution in [0.15, 0.2) is 4.42 Å². The van der Waals surface area contributed by atoms with Crippen molar-refractivity contribution in [1.29, 1.82) is 0 Å². The van der Waals surface area contributed by atoms with Gasteiger partial charge in [-0.2, -0.15) is 0 Å². The number of ether oxygens (including phenoxy) is 1. The molecule has 4 N–H and O–H groups in total. The van der Waals surface area contributed by atoms with Gasteiger partial charge in [0.05, 0.1) is 17.0 Å². The number of carbonyl (C=O) groups is 1. The molecule has 0 amide bonds. The third kappa shape index (κ3) is 2.60. The zero-order valence-corrected chi connectivity index (χ0v) is 13.3. The van der Waals surface area contributed by atoms with Crippen LogP contribution in [-0.4, -0.2) is 28.8 Å². The summed E-state index contributed by atoms with van der Waals surface area (Å²) in [5, 5.41) is 20.3. The van der Waals surface area contributed by atoms with Crippen molar-refractivity contribution in [2.45, 2.75) is 33.2 Å². The molecule has 1 aromatic carbocycles. The number of nitrogens with two attached hydrogens (primary N) is 1. The van der Waals surface area contributed by atoms with Gasteiger partial charge in [-0.3, -0.25) is 0 Å². The summed E-state index contributed by atoms with van der Waals surface area (Å²) < 4.78 is 10.6. The number of hydrogen-bond acceptors (Lipinski definition) is 6. The summed E-state index contributed by atoms with van der Waals surface area (Å²) in [6.45, 7) is 5.20. The molecule has 1 unspecified atom stereocenters. The number of esters is 1. The van der Waals surface area contributed by atoms with Gasteiger partial charge in [0.15, 0.2) is 11.5 Å². The molecule has 1 atom stereocenters. The Hall–Kier alpha value is -1.92. The Morgan fingerprint density at radius 2 is 2.05 bits per heavy atom. The Balaban J connectivity index is 2.83. The quantitative estimate of drug-likeness (QED) is 0.589. The van der Waals surface area contributed by atoms with Gasteiger partial charge in [0.25, 0.3) is 0 Å². The maximum absolute atomic E-state index is 12.1. The van der Waals surface area contributed by atoms with Crippen molar-refractivity contribution in [3.05, 3.63) is 21.9 Å². The summed E-state index contributed by atoms with van der Waals surface area (Å²) in [7, 11) is 0. The van der Waals surface area contributed by atoms with Gasteiger partial charge in [0.1, 0.15) is 16.9 Å². The molecular weight excluding hydrogens is 310 g/mol. The van der Waals surface area contributed by atoms with Crippen molar-refractivity contribution in [3.8, 4) is 11.5 Å². The predicted molar refractivity (Wildman–Crippen MR) is 82.6 cm³/mol. The highest BCUT2D eigenvalue weighted by Gasteiger charge is 2.28. The number of carbonyl (C=O) groups excluding carboxylic acids is 1.